The van der Waals surface area contributed by atoms with E-state index in [4.69, 9.17) is 9.47 Å². The van der Waals surface area contributed by atoms with Crippen LogP contribution in [0, 0.1) is 5.82 Å². The van der Waals surface area contributed by atoms with E-state index in [0.717, 1.165) is 63.7 Å². The van der Waals surface area contributed by atoms with E-state index in [9.17, 15) is 4.39 Å². The fourth-order valence-electron chi connectivity index (χ4n) is 2.98. The van der Waals surface area contributed by atoms with Gasteiger partial charge in [-0.1, -0.05) is 24.3 Å². The van der Waals surface area contributed by atoms with Crippen molar-refractivity contribution in [3.05, 3.63) is 65.5 Å². The number of hydrogen-bond acceptors (Lipinski definition) is 4. The first kappa shape index (κ1) is 18.8. The first-order valence-electron chi connectivity index (χ1n) is 9.26. The van der Waals surface area contributed by atoms with Gasteiger partial charge in [-0.25, -0.2) is 4.39 Å². The number of ether oxygens (including phenoxy) is 2. The SMILES string of the molecule is Fc1ccc(COc2cccc(CNCCCN3CCOCC3)c2)cc1. The van der Waals surface area contributed by atoms with Crippen LogP contribution in [0.1, 0.15) is 17.5 Å². The van der Waals surface area contributed by atoms with E-state index in [1.165, 1.54) is 17.7 Å². The van der Waals surface area contributed by atoms with Gasteiger partial charge in [0.2, 0.25) is 0 Å². The van der Waals surface area contributed by atoms with Gasteiger partial charge in [0.05, 0.1) is 13.2 Å². The van der Waals surface area contributed by atoms with Crippen LogP contribution in [0.15, 0.2) is 48.5 Å². The fraction of sp³-hybridized carbons (Fsp3) is 0.429. The minimum atomic E-state index is -0.226. The summed E-state index contributed by atoms with van der Waals surface area (Å²) in [7, 11) is 0. The molecule has 1 N–H and O–H groups in total. The van der Waals surface area contributed by atoms with Crippen LogP contribution in [0.3, 0.4) is 0 Å². The summed E-state index contributed by atoms with van der Waals surface area (Å²) in [6.07, 6.45) is 1.14. The van der Waals surface area contributed by atoms with Gasteiger partial charge in [0, 0.05) is 19.6 Å². The molecule has 4 nitrogen and oxygen atoms in total. The largest absolute Gasteiger partial charge is 0.489 e. The molecule has 5 heteroatoms. The summed E-state index contributed by atoms with van der Waals surface area (Å²) < 4.78 is 24.1. The molecule has 0 spiro atoms. The summed E-state index contributed by atoms with van der Waals surface area (Å²) in [5, 5.41) is 3.49. The zero-order valence-electron chi connectivity index (χ0n) is 15.1. The van der Waals surface area contributed by atoms with Gasteiger partial charge in [-0.2, -0.15) is 0 Å². The maximum Gasteiger partial charge on any atom is 0.123 e. The van der Waals surface area contributed by atoms with E-state index in [1.807, 2.05) is 12.1 Å². The number of rotatable bonds is 9. The van der Waals surface area contributed by atoms with Crippen molar-refractivity contribution in [2.75, 3.05) is 39.4 Å². The monoisotopic (exact) mass is 358 g/mol. The van der Waals surface area contributed by atoms with E-state index in [-0.39, 0.29) is 5.82 Å². The third-order valence-electron chi connectivity index (χ3n) is 4.48. The molecule has 26 heavy (non-hydrogen) atoms. The molecular formula is C21H27FN2O2. The first-order valence-corrected chi connectivity index (χ1v) is 9.26. The number of nitrogens with zero attached hydrogens (tertiary/aromatic N) is 1. The summed E-state index contributed by atoms with van der Waals surface area (Å²) in [5.74, 6) is 0.609. The Bertz CT molecular complexity index is 657. The smallest absolute Gasteiger partial charge is 0.123 e. The van der Waals surface area contributed by atoms with Crippen LogP contribution in [-0.2, 0) is 17.9 Å². The van der Waals surface area contributed by atoms with Crippen LogP contribution in [0.2, 0.25) is 0 Å². The molecule has 2 aromatic carbocycles. The molecule has 0 atom stereocenters. The van der Waals surface area contributed by atoms with Crippen molar-refractivity contribution in [1.82, 2.24) is 10.2 Å². The predicted molar refractivity (Wildman–Crippen MR) is 101 cm³/mol. The van der Waals surface area contributed by atoms with Crippen molar-refractivity contribution in [2.24, 2.45) is 0 Å². The van der Waals surface area contributed by atoms with Gasteiger partial charge in [0.1, 0.15) is 18.2 Å². The summed E-state index contributed by atoms with van der Waals surface area (Å²) in [6.45, 7) is 7.21. The molecule has 0 aromatic heterocycles. The third kappa shape index (κ3) is 6.41. The van der Waals surface area contributed by atoms with Crippen molar-refractivity contribution in [2.45, 2.75) is 19.6 Å². The van der Waals surface area contributed by atoms with E-state index in [1.54, 1.807) is 12.1 Å². The lowest BCUT2D eigenvalue weighted by Crippen LogP contribution is -2.37. The summed E-state index contributed by atoms with van der Waals surface area (Å²) >= 11 is 0. The van der Waals surface area contributed by atoms with Crippen LogP contribution in [-0.4, -0.2) is 44.3 Å². The second-order valence-electron chi connectivity index (χ2n) is 6.55. The Morgan fingerprint density at radius 3 is 2.65 bits per heavy atom. The van der Waals surface area contributed by atoms with Crippen molar-refractivity contribution >= 4 is 0 Å². The number of morpholine rings is 1. The molecule has 0 saturated carbocycles. The summed E-state index contributed by atoms with van der Waals surface area (Å²) in [6, 6.07) is 14.5. The van der Waals surface area contributed by atoms with Crippen molar-refractivity contribution in [1.29, 1.82) is 0 Å². The van der Waals surface area contributed by atoms with E-state index in [2.05, 4.69) is 22.3 Å². The molecule has 1 fully saturated rings. The highest BCUT2D eigenvalue weighted by atomic mass is 19.1. The summed E-state index contributed by atoms with van der Waals surface area (Å²) in [4.78, 5) is 2.45. The van der Waals surface area contributed by atoms with Gasteiger partial charge in [-0.15, -0.1) is 0 Å². The second-order valence-corrected chi connectivity index (χ2v) is 6.55. The quantitative estimate of drug-likeness (QED) is 0.698. The standard InChI is InChI=1S/C21H27FN2O2/c22-20-7-5-18(6-8-20)17-26-21-4-1-3-19(15-21)16-23-9-2-10-24-11-13-25-14-12-24/h1,3-8,15,23H,2,9-14,16-17H2. The van der Waals surface area contributed by atoms with Crippen molar-refractivity contribution < 1.29 is 13.9 Å². The maximum atomic E-state index is 12.9. The molecule has 2 aromatic rings. The molecule has 1 aliphatic rings. The highest BCUT2D eigenvalue weighted by Crippen LogP contribution is 2.15. The number of benzene rings is 2. The zero-order valence-corrected chi connectivity index (χ0v) is 15.1. The molecule has 3 rings (SSSR count). The van der Waals surface area contributed by atoms with Gasteiger partial charge < -0.3 is 14.8 Å². The van der Waals surface area contributed by atoms with Crippen molar-refractivity contribution in [3.8, 4) is 5.75 Å². The number of hydrogen-bond donors (Lipinski definition) is 1. The van der Waals surface area contributed by atoms with E-state index in [0.29, 0.717) is 6.61 Å². The molecular weight excluding hydrogens is 331 g/mol. The molecule has 0 unspecified atom stereocenters. The van der Waals surface area contributed by atoms with Gasteiger partial charge >= 0.3 is 0 Å². The van der Waals surface area contributed by atoms with Crippen LogP contribution < -0.4 is 10.1 Å². The molecule has 0 amide bonds. The predicted octanol–water partition coefficient (Wildman–Crippen LogP) is 3.22. The maximum absolute atomic E-state index is 12.9. The Morgan fingerprint density at radius 2 is 1.85 bits per heavy atom. The molecule has 0 aliphatic carbocycles. The van der Waals surface area contributed by atoms with E-state index < -0.39 is 0 Å². The van der Waals surface area contributed by atoms with Crippen LogP contribution >= 0.6 is 0 Å². The molecule has 0 bridgehead atoms. The van der Waals surface area contributed by atoms with Crippen LogP contribution in [0.4, 0.5) is 4.39 Å². The Balaban J connectivity index is 1.36. The lowest BCUT2D eigenvalue weighted by Gasteiger charge is -2.26. The second kappa shape index (κ2) is 10.3. The Hall–Kier alpha value is -1.95. The van der Waals surface area contributed by atoms with Gasteiger partial charge in [0.15, 0.2) is 0 Å². The zero-order chi connectivity index (χ0) is 18.0. The average Bonchev–Trinajstić information content (AvgIpc) is 2.68. The van der Waals surface area contributed by atoms with Crippen LogP contribution in [0.5, 0.6) is 5.75 Å². The Morgan fingerprint density at radius 1 is 1.04 bits per heavy atom. The van der Waals surface area contributed by atoms with E-state index >= 15 is 0 Å². The Labute approximate surface area is 154 Å². The Kier molecular flexibility index (Phi) is 7.43. The van der Waals surface area contributed by atoms with Crippen molar-refractivity contribution in [3.63, 3.8) is 0 Å². The molecule has 1 heterocycles. The fourth-order valence-corrected chi connectivity index (χ4v) is 2.98. The third-order valence-corrected chi connectivity index (χ3v) is 4.48. The molecule has 0 radical (unpaired) electrons. The first-order chi connectivity index (χ1) is 12.8. The average molecular weight is 358 g/mol. The number of halogens is 1. The highest BCUT2D eigenvalue weighted by molar-refractivity contribution is 5.29. The topological polar surface area (TPSA) is 33.7 Å². The molecule has 1 aliphatic heterocycles. The molecule has 1 saturated heterocycles. The minimum absolute atomic E-state index is 0.226. The minimum Gasteiger partial charge on any atom is -0.489 e. The van der Waals surface area contributed by atoms with Crippen LogP contribution in [0.25, 0.3) is 0 Å². The lowest BCUT2D eigenvalue weighted by molar-refractivity contribution is 0.0374. The highest BCUT2D eigenvalue weighted by Gasteiger charge is 2.08. The number of nitrogens with one attached hydrogen (secondary N) is 1. The van der Waals surface area contributed by atoms with Gasteiger partial charge in [-0.05, 0) is 54.9 Å². The summed E-state index contributed by atoms with van der Waals surface area (Å²) in [5.41, 5.74) is 2.16. The van der Waals surface area contributed by atoms with Gasteiger partial charge in [0.25, 0.3) is 0 Å². The van der Waals surface area contributed by atoms with Gasteiger partial charge in [-0.3, -0.25) is 4.90 Å². The lowest BCUT2D eigenvalue weighted by atomic mass is 10.2. The molecule has 140 valence electrons. The normalized spacial score (nSPS) is 15.1.